The number of ether oxygens (including phenoxy) is 1. The van der Waals surface area contributed by atoms with Crippen LogP contribution in [0.1, 0.15) is 48.6 Å². The van der Waals surface area contributed by atoms with Gasteiger partial charge in [0, 0.05) is 31.0 Å². The molecule has 0 radical (unpaired) electrons. The molecule has 2 aromatic carbocycles. The molecule has 1 heterocycles. The molecule has 2 amide bonds. The maximum Gasteiger partial charge on any atom is 0.262 e. The van der Waals surface area contributed by atoms with Gasteiger partial charge in [-0.1, -0.05) is 55.8 Å². The maximum absolute atomic E-state index is 13.5. The van der Waals surface area contributed by atoms with Gasteiger partial charge in [-0.25, -0.2) is 5.01 Å². The number of halogens is 1. The van der Waals surface area contributed by atoms with Gasteiger partial charge in [-0.05, 0) is 48.2 Å². The summed E-state index contributed by atoms with van der Waals surface area (Å²) in [6, 6.07) is 13.4. The number of methoxy groups -OCH3 is 1. The van der Waals surface area contributed by atoms with Crippen LogP contribution in [-0.4, -0.2) is 54.2 Å². The SMILES string of the molecule is COCCN(CC(=O)N1N=C(c2ccc(C)c(C)c2)C[C@H]1c1ccccc1Cl)C(=O)C(C)C. The van der Waals surface area contributed by atoms with Crippen LogP contribution in [0.3, 0.4) is 0 Å². The number of hydrazone groups is 1. The number of carbonyl (C=O) groups is 2. The molecule has 3 rings (SSSR count). The minimum Gasteiger partial charge on any atom is -0.383 e. The Morgan fingerprint density at radius 3 is 2.55 bits per heavy atom. The average Bonchev–Trinajstić information content (AvgIpc) is 3.23. The van der Waals surface area contributed by atoms with E-state index in [0.29, 0.717) is 24.6 Å². The maximum atomic E-state index is 13.5. The molecule has 0 aliphatic carbocycles. The lowest BCUT2D eigenvalue weighted by atomic mass is 9.96. The summed E-state index contributed by atoms with van der Waals surface area (Å²) in [5, 5.41) is 6.83. The van der Waals surface area contributed by atoms with Crippen LogP contribution in [-0.2, 0) is 14.3 Å². The Balaban J connectivity index is 1.94. The molecule has 1 aliphatic heterocycles. The second-order valence-electron chi connectivity index (χ2n) is 8.73. The number of amides is 2. The van der Waals surface area contributed by atoms with Crippen LogP contribution < -0.4 is 0 Å². The molecule has 176 valence electrons. The van der Waals surface area contributed by atoms with Crippen molar-refractivity contribution in [2.24, 2.45) is 11.0 Å². The summed E-state index contributed by atoms with van der Waals surface area (Å²) in [6.07, 6.45) is 0.550. The minimum atomic E-state index is -0.332. The van der Waals surface area contributed by atoms with Gasteiger partial charge in [-0.15, -0.1) is 0 Å². The zero-order chi connectivity index (χ0) is 24.1. The van der Waals surface area contributed by atoms with Crippen LogP contribution in [0.2, 0.25) is 5.02 Å². The largest absolute Gasteiger partial charge is 0.383 e. The van der Waals surface area contributed by atoms with Crippen LogP contribution in [0.5, 0.6) is 0 Å². The van der Waals surface area contributed by atoms with E-state index in [0.717, 1.165) is 16.8 Å². The smallest absolute Gasteiger partial charge is 0.262 e. The van der Waals surface area contributed by atoms with E-state index < -0.39 is 0 Å². The normalized spacial score (nSPS) is 15.7. The van der Waals surface area contributed by atoms with E-state index in [4.69, 9.17) is 21.4 Å². The molecule has 0 spiro atoms. The fraction of sp³-hybridized carbons (Fsp3) is 0.423. The van der Waals surface area contributed by atoms with E-state index in [1.165, 1.54) is 16.1 Å². The van der Waals surface area contributed by atoms with Gasteiger partial charge in [0.05, 0.1) is 18.4 Å². The zero-order valence-electron chi connectivity index (χ0n) is 20.0. The van der Waals surface area contributed by atoms with Gasteiger partial charge in [0.2, 0.25) is 5.91 Å². The summed E-state index contributed by atoms with van der Waals surface area (Å²) in [5.74, 6) is -0.557. The van der Waals surface area contributed by atoms with Crippen molar-refractivity contribution in [2.45, 2.75) is 40.2 Å². The number of carbonyl (C=O) groups excluding carboxylic acids is 2. The summed E-state index contributed by atoms with van der Waals surface area (Å²) >= 11 is 6.51. The van der Waals surface area contributed by atoms with Gasteiger partial charge in [0.25, 0.3) is 5.91 Å². The highest BCUT2D eigenvalue weighted by Gasteiger charge is 2.35. The van der Waals surface area contributed by atoms with Gasteiger partial charge in [-0.2, -0.15) is 5.10 Å². The van der Waals surface area contributed by atoms with Crippen molar-refractivity contribution in [3.8, 4) is 0 Å². The standard InChI is InChI=1S/C26H32ClN3O3/c1-17(2)26(32)29(12-13-33-5)16-25(31)30-24(21-8-6-7-9-22(21)27)15-23(28-30)20-11-10-18(3)19(4)14-20/h6-11,14,17,24H,12-13,15-16H2,1-5H3/t24-/m0/s1. The van der Waals surface area contributed by atoms with Gasteiger partial charge < -0.3 is 9.64 Å². The summed E-state index contributed by atoms with van der Waals surface area (Å²) in [5.41, 5.74) is 5.03. The predicted molar refractivity (Wildman–Crippen MR) is 131 cm³/mol. The highest BCUT2D eigenvalue weighted by atomic mass is 35.5. The summed E-state index contributed by atoms with van der Waals surface area (Å²) in [4.78, 5) is 27.7. The molecule has 0 N–H and O–H groups in total. The average molecular weight is 470 g/mol. The quantitative estimate of drug-likeness (QED) is 0.559. The summed E-state index contributed by atoms with van der Waals surface area (Å²) in [7, 11) is 1.58. The first kappa shape index (κ1) is 24.9. The van der Waals surface area contributed by atoms with E-state index >= 15 is 0 Å². The minimum absolute atomic E-state index is 0.0645. The molecule has 0 unspecified atom stereocenters. The Labute approximate surface area is 201 Å². The third-order valence-corrected chi connectivity index (χ3v) is 6.31. The highest BCUT2D eigenvalue weighted by Crippen LogP contribution is 2.36. The molecule has 0 saturated heterocycles. The van der Waals surface area contributed by atoms with E-state index in [1.807, 2.05) is 44.2 Å². The zero-order valence-corrected chi connectivity index (χ0v) is 20.7. The number of aryl methyl sites for hydroxylation is 2. The molecule has 0 bridgehead atoms. The van der Waals surface area contributed by atoms with E-state index in [2.05, 4.69) is 26.0 Å². The summed E-state index contributed by atoms with van der Waals surface area (Å²) < 4.78 is 5.15. The molecule has 33 heavy (non-hydrogen) atoms. The molecule has 0 aromatic heterocycles. The lowest BCUT2D eigenvalue weighted by Crippen LogP contribution is -2.44. The van der Waals surface area contributed by atoms with Gasteiger partial charge in [-0.3, -0.25) is 9.59 Å². The second-order valence-corrected chi connectivity index (χ2v) is 9.14. The molecular formula is C26H32ClN3O3. The molecular weight excluding hydrogens is 438 g/mol. The van der Waals surface area contributed by atoms with Gasteiger partial charge in [0.15, 0.2) is 0 Å². The second kappa shape index (κ2) is 10.9. The van der Waals surface area contributed by atoms with Gasteiger partial charge >= 0.3 is 0 Å². The Kier molecular flexibility index (Phi) is 8.27. The monoisotopic (exact) mass is 469 g/mol. The number of hydrogen-bond acceptors (Lipinski definition) is 4. The number of hydrogen-bond donors (Lipinski definition) is 0. The fourth-order valence-corrected chi connectivity index (χ4v) is 4.15. The van der Waals surface area contributed by atoms with Crippen LogP contribution in [0, 0.1) is 19.8 Å². The fourth-order valence-electron chi connectivity index (χ4n) is 3.89. The van der Waals surface area contributed by atoms with Crippen LogP contribution in [0.15, 0.2) is 47.6 Å². The first-order valence-corrected chi connectivity index (χ1v) is 11.6. The van der Waals surface area contributed by atoms with Crippen molar-refractivity contribution >= 4 is 29.1 Å². The van der Waals surface area contributed by atoms with Crippen LogP contribution >= 0.6 is 11.6 Å². The molecule has 7 heteroatoms. The Hall–Kier alpha value is -2.70. The topological polar surface area (TPSA) is 62.2 Å². The van der Waals surface area contributed by atoms with Crippen molar-refractivity contribution in [2.75, 3.05) is 26.8 Å². The van der Waals surface area contributed by atoms with Crippen molar-refractivity contribution in [3.05, 3.63) is 69.7 Å². The van der Waals surface area contributed by atoms with E-state index in [1.54, 1.807) is 12.0 Å². The lowest BCUT2D eigenvalue weighted by molar-refractivity contribution is -0.143. The molecule has 0 saturated carbocycles. The number of benzene rings is 2. The third kappa shape index (κ3) is 5.81. The Bertz CT molecular complexity index is 1050. The molecule has 1 aliphatic rings. The van der Waals surface area contributed by atoms with Crippen molar-refractivity contribution in [1.29, 1.82) is 0 Å². The Morgan fingerprint density at radius 1 is 1.18 bits per heavy atom. The van der Waals surface area contributed by atoms with Crippen molar-refractivity contribution in [1.82, 2.24) is 9.91 Å². The Morgan fingerprint density at radius 2 is 1.91 bits per heavy atom. The van der Waals surface area contributed by atoms with E-state index in [-0.39, 0.29) is 30.3 Å². The van der Waals surface area contributed by atoms with Gasteiger partial charge in [0.1, 0.15) is 6.54 Å². The van der Waals surface area contributed by atoms with Crippen LogP contribution in [0.25, 0.3) is 0 Å². The number of rotatable bonds is 8. The van der Waals surface area contributed by atoms with Crippen LogP contribution in [0.4, 0.5) is 0 Å². The molecule has 0 fully saturated rings. The first-order chi connectivity index (χ1) is 15.7. The third-order valence-electron chi connectivity index (χ3n) is 5.97. The number of nitrogens with zero attached hydrogens (tertiary/aromatic N) is 3. The van der Waals surface area contributed by atoms with Crippen molar-refractivity contribution < 1.29 is 14.3 Å². The predicted octanol–water partition coefficient (Wildman–Crippen LogP) is 4.77. The van der Waals surface area contributed by atoms with Crippen molar-refractivity contribution in [3.63, 3.8) is 0 Å². The first-order valence-electron chi connectivity index (χ1n) is 11.2. The highest BCUT2D eigenvalue weighted by molar-refractivity contribution is 6.31. The van der Waals surface area contributed by atoms with E-state index in [9.17, 15) is 9.59 Å². The summed E-state index contributed by atoms with van der Waals surface area (Å²) in [6.45, 7) is 8.42. The lowest BCUT2D eigenvalue weighted by Gasteiger charge is -2.28. The molecule has 2 aromatic rings. The molecule has 6 nitrogen and oxygen atoms in total. The molecule has 1 atom stereocenters.